The van der Waals surface area contributed by atoms with Crippen LogP contribution in [-0.2, 0) is 0 Å². The molecule has 1 spiro atoms. The summed E-state index contributed by atoms with van der Waals surface area (Å²) < 4.78 is 0. The van der Waals surface area contributed by atoms with Crippen molar-refractivity contribution in [1.82, 2.24) is 10.6 Å². The topological polar surface area (TPSA) is 24.1 Å². The molecule has 1 saturated carbocycles. The summed E-state index contributed by atoms with van der Waals surface area (Å²) in [4.78, 5) is 0. The molecule has 1 heterocycles. The minimum atomic E-state index is 0.111. The van der Waals surface area contributed by atoms with Crippen molar-refractivity contribution in [3.63, 3.8) is 0 Å². The predicted octanol–water partition coefficient (Wildman–Crippen LogP) is 5.35. The molecule has 1 saturated heterocycles. The van der Waals surface area contributed by atoms with Crippen molar-refractivity contribution >= 4 is 0 Å². The van der Waals surface area contributed by atoms with Gasteiger partial charge in [0, 0.05) is 0 Å². The highest BCUT2D eigenvalue weighted by Gasteiger charge is 2.48. The molecule has 1 aliphatic carbocycles. The van der Waals surface area contributed by atoms with Gasteiger partial charge in [-0.1, -0.05) is 86.8 Å². The van der Waals surface area contributed by atoms with Crippen molar-refractivity contribution in [1.29, 1.82) is 0 Å². The Balaban J connectivity index is 1.59. The first kappa shape index (κ1) is 16.8. The molecule has 2 N–H and O–H groups in total. The van der Waals surface area contributed by atoms with Crippen molar-refractivity contribution < 1.29 is 0 Å². The highest BCUT2D eigenvalue weighted by Crippen LogP contribution is 2.45. The van der Waals surface area contributed by atoms with Gasteiger partial charge < -0.3 is 0 Å². The summed E-state index contributed by atoms with van der Waals surface area (Å²) in [5.41, 5.74) is 2.88. The molecule has 2 aliphatic rings. The SMILES string of the molecule is CCCC[C@H]1CCC2(C1)N[C@H](c1ccccc1)[C@@H](c1ccccc1)N2. The third kappa shape index (κ3) is 3.51. The van der Waals surface area contributed by atoms with Gasteiger partial charge in [0.2, 0.25) is 0 Å². The average Bonchev–Trinajstić information content (AvgIpc) is 3.25. The molecule has 25 heavy (non-hydrogen) atoms. The first-order chi connectivity index (χ1) is 12.3. The molecule has 4 rings (SSSR count). The van der Waals surface area contributed by atoms with E-state index in [1.54, 1.807) is 0 Å². The highest BCUT2D eigenvalue weighted by atomic mass is 15.3. The van der Waals surface area contributed by atoms with Gasteiger partial charge in [0.1, 0.15) is 0 Å². The van der Waals surface area contributed by atoms with Crippen LogP contribution in [0.15, 0.2) is 60.7 Å². The number of unbranched alkanes of at least 4 members (excludes halogenated alkanes) is 1. The normalized spacial score (nSPS) is 27.8. The Morgan fingerprint density at radius 2 is 1.44 bits per heavy atom. The van der Waals surface area contributed by atoms with E-state index >= 15 is 0 Å². The Morgan fingerprint density at radius 3 is 1.96 bits per heavy atom. The van der Waals surface area contributed by atoms with Crippen molar-refractivity contribution in [2.24, 2.45) is 5.92 Å². The standard InChI is InChI=1S/C23H30N2/c1-2-3-10-18-15-16-23(17-18)24-21(19-11-6-4-7-12-19)22(25-23)20-13-8-5-9-14-20/h4-9,11-14,18,21-22,24-25H,2-3,10,15-17H2,1H3/t18-,21+,22+/m0/s1. The van der Waals surface area contributed by atoms with E-state index in [4.69, 9.17) is 0 Å². The van der Waals surface area contributed by atoms with Gasteiger partial charge in [-0.25, -0.2) is 0 Å². The molecular formula is C23H30N2. The number of benzene rings is 2. The number of rotatable bonds is 5. The first-order valence-corrected chi connectivity index (χ1v) is 9.95. The van der Waals surface area contributed by atoms with Crippen molar-refractivity contribution in [3.05, 3.63) is 71.8 Å². The lowest BCUT2D eigenvalue weighted by Gasteiger charge is -2.26. The Hall–Kier alpha value is -1.64. The lowest BCUT2D eigenvalue weighted by molar-refractivity contribution is 0.308. The van der Waals surface area contributed by atoms with Crippen LogP contribution in [0.1, 0.15) is 68.7 Å². The van der Waals surface area contributed by atoms with Crippen LogP contribution in [0.25, 0.3) is 0 Å². The van der Waals surface area contributed by atoms with Gasteiger partial charge in [0.25, 0.3) is 0 Å². The second-order valence-corrected chi connectivity index (χ2v) is 7.90. The summed E-state index contributed by atoms with van der Waals surface area (Å²) in [5, 5.41) is 8.05. The maximum Gasteiger partial charge on any atom is 0.0700 e. The molecule has 2 aromatic rings. The zero-order valence-electron chi connectivity index (χ0n) is 15.2. The maximum absolute atomic E-state index is 4.03. The molecule has 0 amide bonds. The summed E-state index contributed by atoms with van der Waals surface area (Å²) >= 11 is 0. The van der Waals surface area contributed by atoms with E-state index in [9.17, 15) is 0 Å². The summed E-state index contributed by atoms with van der Waals surface area (Å²) in [6.45, 7) is 2.30. The van der Waals surface area contributed by atoms with Crippen LogP contribution >= 0.6 is 0 Å². The number of hydrogen-bond acceptors (Lipinski definition) is 2. The maximum atomic E-state index is 4.03. The Morgan fingerprint density at radius 1 is 0.880 bits per heavy atom. The third-order valence-electron chi connectivity index (χ3n) is 6.10. The summed E-state index contributed by atoms with van der Waals surface area (Å²) in [7, 11) is 0. The monoisotopic (exact) mass is 334 g/mol. The van der Waals surface area contributed by atoms with Gasteiger partial charge in [-0.3, -0.25) is 10.6 Å². The molecule has 2 heteroatoms. The quantitative estimate of drug-likeness (QED) is 0.770. The molecule has 2 fully saturated rings. The Bertz CT molecular complexity index is 620. The van der Waals surface area contributed by atoms with Gasteiger partial charge >= 0.3 is 0 Å². The van der Waals surface area contributed by atoms with Crippen molar-refractivity contribution in [2.75, 3.05) is 0 Å². The van der Waals surface area contributed by atoms with E-state index in [0.29, 0.717) is 12.1 Å². The summed E-state index contributed by atoms with van der Waals surface area (Å²) in [6, 6.07) is 22.6. The first-order valence-electron chi connectivity index (χ1n) is 9.95. The third-order valence-corrected chi connectivity index (χ3v) is 6.10. The minimum absolute atomic E-state index is 0.111. The zero-order chi connectivity index (χ0) is 17.1. The smallest absolute Gasteiger partial charge is 0.0700 e. The summed E-state index contributed by atoms with van der Waals surface area (Å²) in [6.07, 6.45) is 7.92. The Labute approximate surface area is 152 Å². The molecule has 0 unspecified atom stereocenters. The van der Waals surface area contributed by atoms with Crippen LogP contribution in [-0.4, -0.2) is 5.66 Å². The molecule has 2 nitrogen and oxygen atoms in total. The Kier molecular flexibility index (Phi) is 4.91. The van der Waals surface area contributed by atoms with Crippen LogP contribution in [0.4, 0.5) is 0 Å². The second-order valence-electron chi connectivity index (χ2n) is 7.90. The van der Waals surface area contributed by atoms with E-state index < -0.39 is 0 Å². The fourth-order valence-corrected chi connectivity index (χ4v) is 4.82. The van der Waals surface area contributed by atoms with Crippen LogP contribution in [0.2, 0.25) is 0 Å². The van der Waals surface area contributed by atoms with Crippen LogP contribution in [0, 0.1) is 5.92 Å². The minimum Gasteiger partial charge on any atom is -0.290 e. The number of hydrogen-bond donors (Lipinski definition) is 2. The molecule has 1 aliphatic heterocycles. The molecular weight excluding hydrogens is 304 g/mol. The van der Waals surface area contributed by atoms with E-state index in [1.807, 2.05) is 0 Å². The van der Waals surface area contributed by atoms with Crippen LogP contribution < -0.4 is 10.6 Å². The van der Waals surface area contributed by atoms with Crippen molar-refractivity contribution in [3.8, 4) is 0 Å². The molecule has 2 aromatic carbocycles. The highest BCUT2D eigenvalue weighted by molar-refractivity contribution is 5.31. The number of nitrogens with one attached hydrogen (secondary N) is 2. The van der Waals surface area contributed by atoms with Gasteiger partial charge in [-0.05, 0) is 36.3 Å². The average molecular weight is 335 g/mol. The largest absolute Gasteiger partial charge is 0.290 e. The molecule has 0 bridgehead atoms. The van der Waals surface area contributed by atoms with Crippen LogP contribution in [0.5, 0.6) is 0 Å². The van der Waals surface area contributed by atoms with Gasteiger partial charge in [0.05, 0.1) is 17.7 Å². The fourth-order valence-electron chi connectivity index (χ4n) is 4.82. The zero-order valence-corrected chi connectivity index (χ0v) is 15.2. The van der Waals surface area contributed by atoms with Gasteiger partial charge in [-0.2, -0.15) is 0 Å². The molecule has 0 aromatic heterocycles. The van der Waals surface area contributed by atoms with Crippen molar-refractivity contribution in [2.45, 2.75) is 63.2 Å². The van der Waals surface area contributed by atoms with E-state index in [1.165, 1.54) is 49.7 Å². The lowest BCUT2D eigenvalue weighted by Crippen LogP contribution is -2.47. The van der Waals surface area contributed by atoms with E-state index in [2.05, 4.69) is 78.2 Å². The van der Waals surface area contributed by atoms with Gasteiger partial charge in [0.15, 0.2) is 0 Å². The summed E-state index contributed by atoms with van der Waals surface area (Å²) in [5.74, 6) is 0.867. The second kappa shape index (κ2) is 7.31. The predicted molar refractivity (Wildman–Crippen MR) is 104 cm³/mol. The lowest BCUT2D eigenvalue weighted by atomic mass is 9.95. The fraction of sp³-hybridized carbons (Fsp3) is 0.478. The molecule has 3 atom stereocenters. The van der Waals surface area contributed by atoms with E-state index in [0.717, 1.165) is 5.92 Å². The van der Waals surface area contributed by atoms with Gasteiger partial charge in [-0.15, -0.1) is 0 Å². The van der Waals surface area contributed by atoms with Crippen LogP contribution in [0.3, 0.4) is 0 Å². The molecule has 0 radical (unpaired) electrons. The molecule has 132 valence electrons. The van der Waals surface area contributed by atoms with E-state index in [-0.39, 0.29) is 5.66 Å².